The van der Waals surface area contributed by atoms with Gasteiger partial charge in [-0.25, -0.2) is 0 Å². The van der Waals surface area contributed by atoms with E-state index in [-0.39, 0.29) is 40.5 Å². The predicted octanol–water partition coefficient (Wildman–Crippen LogP) is 1.24. The Bertz CT molecular complexity index is 6.49. The van der Waals surface area contributed by atoms with Crippen molar-refractivity contribution in [3.63, 3.8) is 0 Å². The number of rotatable bonds is 0. The van der Waals surface area contributed by atoms with Crippen molar-refractivity contribution < 1.29 is 28.2 Å². The Morgan fingerprint density at radius 3 is 0.250 bits per heavy atom. The minimum Gasteiger partial charge on any atom is -0.344 e. The fraction of sp³-hybridized carbons (Fsp3) is 0. The second-order valence-electron chi connectivity index (χ2n) is 0. The summed E-state index contributed by atoms with van der Waals surface area (Å²) in [5.74, 6) is 0. The molecule has 0 amide bonds. The Balaban J connectivity index is 0. The normalized spacial score (nSPS) is 0. The first-order valence-corrected chi connectivity index (χ1v) is 0. The molecule has 0 aromatic heterocycles. The first kappa shape index (κ1) is 1270. The van der Waals surface area contributed by atoms with Gasteiger partial charge < -0.3 is 12.3 Å². The van der Waals surface area contributed by atoms with Crippen LogP contribution in [0, 0.1) is 0 Å². The summed E-state index contributed by atoms with van der Waals surface area (Å²) in [7, 11) is 0. The highest BCUT2D eigenvalue weighted by molar-refractivity contribution is 2.14. The molecule has 8 heteroatoms. The van der Waals surface area contributed by atoms with Gasteiger partial charge in [0.05, 0.1) is 0 Å². The molecule has 2 nitrogen and oxygen atoms in total. The van der Waals surface area contributed by atoms with Crippen molar-refractivity contribution in [3.8, 4) is 0 Å². The summed E-state index contributed by atoms with van der Waals surface area (Å²) < 4.78 is 0. The molecule has 0 atom stereocenters. The average molecular weight is 154 g/mol. The topological polar surface area (TPSA) is 70.0 Å². The van der Waals surface area contributed by atoms with Crippen LogP contribution in [-0.4, -0.2) is 0 Å². The molecule has 0 aromatic rings. The predicted molar refractivity (Wildman–Crippen MR) is 25.1 cm³/mol. The summed E-state index contributed by atoms with van der Waals surface area (Å²) in [5.41, 5.74) is 0. The van der Waals surface area contributed by atoms with E-state index in [2.05, 4.69) is 0 Å². The molecule has 0 heterocycles. The van der Waals surface area contributed by atoms with Crippen molar-refractivity contribution in [1.29, 1.82) is 0 Å². The van der Waals surface area contributed by atoms with E-state index >= 15 is 0 Å². The van der Waals surface area contributed by atoms with Gasteiger partial charge in [0.1, 0.15) is 0 Å². The lowest BCUT2D eigenvalue weighted by Crippen LogP contribution is -0.482. The third kappa shape index (κ3) is 446. The van der Waals surface area contributed by atoms with E-state index in [0.29, 0.717) is 0 Å². The SMILES string of the molecule is F.F.F.F.F.F.N.N. The monoisotopic (exact) mass is 154 g/mol. The molecule has 0 unspecified atom stereocenters. The van der Waals surface area contributed by atoms with E-state index < -0.39 is 0 Å². The zero-order valence-electron chi connectivity index (χ0n) is 3.86. The van der Waals surface area contributed by atoms with Crippen LogP contribution in [-0.2, 0) is 0 Å². The molecule has 0 aromatic carbocycles. The molecule has 8 heavy (non-hydrogen) atoms. The molecule has 0 aliphatic carbocycles. The van der Waals surface area contributed by atoms with E-state index in [4.69, 9.17) is 0 Å². The standard InChI is InChI=1S/6FH.2H3N/h6*1H;2*1H3. The second-order valence-corrected chi connectivity index (χ2v) is 0. The zero-order valence-corrected chi connectivity index (χ0v) is 3.86. The quantitative estimate of drug-likeness (QED) is 0.515. The molecule has 0 saturated heterocycles. The molecule has 0 rings (SSSR count). The van der Waals surface area contributed by atoms with Gasteiger partial charge in [-0.15, -0.1) is 0 Å². The molecule has 0 radical (unpaired) electrons. The molecular formula is H12F6N2. The first-order valence-electron chi connectivity index (χ1n) is 0. The van der Waals surface area contributed by atoms with Gasteiger partial charge in [-0.05, 0) is 0 Å². The van der Waals surface area contributed by atoms with Crippen molar-refractivity contribution >= 4 is 0 Å². The van der Waals surface area contributed by atoms with Crippen LogP contribution >= 0.6 is 0 Å². The van der Waals surface area contributed by atoms with Crippen molar-refractivity contribution in [3.05, 3.63) is 0 Å². The van der Waals surface area contributed by atoms with Crippen molar-refractivity contribution in [2.75, 3.05) is 0 Å². The third-order valence-electron chi connectivity index (χ3n) is 0. The van der Waals surface area contributed by atoms with Crippen LogP contribution in [0.25, 0.3) is 0 Å². The third-order valence-corrected chi connectivity index (χ3v) is 0. The van der Waals surface area contributed by atoms with E-state index in [0.717, 1.165) is 0 Å². The van der Waals surface area contributed by atoms with Crippen LogP contribution in [0.3, 0.4) is 0 Å². The van der Waals surface area contributed by atoms with E-state index in [1.807, 2.05) is 0 Å². The lowest BCUT2D eigenvalue weighted by molar-refractivity contribution is 1.11. The highest BCUT2D eigenvalue weighted by Crippen LogP contribution is 0.425. The molecule has 6 N–H and O–H groups in total. The average Bonchev–Trinajstić information content (AvgIpc) is 0. The summed E-state index contributed by atoms with van der Waals surface area (Å²) in [5, 5.41) is 0. The Morgan fingerprint density at radius 1 is 0.250 bits per heavy atom. The first-order chi connectivity index (χ1) is 0. The van der Waals surface area contributed by atoms with Crippen LogP contribution in [0.1, 0.15) is 0 Å². The largest absolute Gasteiger partial charge is 0.344 e. The van der Waals surface area contributed by atoms with Gasteiger partial charge in [0.2, 0.25) is 0 Å². The minimum absolute atomic E-state index is 0. The summed E-state index contributed by atoms with van der Waals surface area (Å²) >= 11 is 0. The van der Waals surface area contributed by atoms with Gasteiger partial charge in [0.25, 0.3) is 0 Å². The zero-order chi connectivity index (χ0) is 0. The number of halogens is 6. The highest BCUT2D eigenvalue weighted by Gasteiger charge is -0.264. The number of hydrogen-bond donors (Lipinski definition) is 2. The van der Waals surface area contributed by atoms with E-state index in [1.54, 1.807) is 0 Å². The summed E-state index contributed by atoms with van der Waals surface area (Å²) in [4.78, 5) is 0. The fourth-order valence-electron chi connectivity index (χ4n) is 0. The van der Waals surface area contributed by atoms with Crippen LogP contribution in [0.4, 0.5) is 28.2 Å². The lowest BCUT2D eigenvalue weighted by Gasteiger charge is -0.345. The van der Waals surface area contributed by atoms with Gasteiger partial charge in [0.15, 0.2) is 0 Å². The maximum absolute atomic E-state index is 0. The van der Waals surface area contributed by atoms with Gasteiger partial charge >= 0.3 is 0 Å². The summed E-state index contributed by atoms with van der Waals surface area (Å²) in [6, 6.07) is 0. The van der Waals surface area contributed by atoms with Gasteiger partial charge in [0, 0.05) is 0 Å². The number of hydrogen-bond acceptors (Lipinski definition) is 2. The highest BCUT2D eigenvalue weighted by atomic mass is 19.0. The van der Waals surface area contributed by atoms with E-state index in [9.17, 15) is 0 Å². The van der Waals surface area contributed by atoms with E-state index in [1.165, 1.54) is 0 Å². The van der Waals surface area contributed by atoms with Gasteiger partial charge in [-0.1, -0.05) is 0 Å². The fourth-order valence-corrected chi connectivity index (χ4v) is 0. The maximum Gasteiger partial charge on any atom is -0.269 e. The molecule has 0 saturated carbocycles. The molecule has 0 fully saturated rings. The molecule has 0 spiro atoms. The minimum atomic E-state index is 0. The van der Waals surface area contributed by atoms with Gasteiger partial charge in [-0.2, -0.15) is 0 Å². The smallest absolute Gasteiger partial charge is 0.269 e. The lowest BCUT2D eigenvalue weighted by atomic mass is 14.0. The van der Waals surface area contributed by atoms with Crippen LogP contribution in [0.2, 0.25) is 0 Å². The van der Waals surface area contributed by atoms with Crippen molar-refractivity contribution in [2.45, 2.75) is 0 Å². The maximum atomic E-state index is 0. The van der Waals surface area contributed by atoms with Crippen molar-refractivity contribution in [2.24, 2.45) is 0 Å². The van der Waals surface area contributed by atoms with Crippen LogP contribution < -0.4 is 12.3 Å². The van der Waals surface area contributed by atoms with Crippen LogP contribution in [0.15, 0.2) is 0 Å². The molecular weight excluding hydrogens is 142 g/mol. The molecule has 0 aliphatic heterocycles. The second kappa shape index (κ2) is 786. The Labute approximate surface area is 42.0 Å². The Morgan fingerprint density at radius 2 is 0.250 bits per heavy atom. The molecule has 0 aliphatic rings. The Hall–Kier alpha value is -0.500. The summed E-state index contributed by atoms with van der Waals surface area (Å²) in [6.45, 7) is 0. The molecule has 64 valence electrons. The van der Waals surface area contributed by atoms with Gasteiger partial charge in [-0.3, -0.25) is 28.2 Å². The van der Waals surface area contributed by atoms with Crippen LogP contribution in [0.5, 0.6) is 0 Å². The van der Waals surface area contributed by atoms with Crippen molar-refractivity contribution in [1.82, 2.24) is 12.3 Å². The summed E-state index contributed by atoms with van der Waals surface area (Å²) in [6.07, 6.45) is 0. The Kier molecular flexibility index (Phi) is 125000. The molecule has 0 bridgehead atoms.